The van der Waals surface area contributed by atoms with Crippen LogP contribution in [0, 0.1) is 17.6 Å². The highest BCUT2D eigenvalue weighted by molar-refractivity contribution is 5.67. The number of piperidine rings is 1. The van der Waals surface area contributed by atoms with Crippen LogP contribution in [0.5, 0.6) is 0 Å². The first-order valence-corrected chi connectivity index (χ1v) is 6.43. The predicted octanol–water partition coefficient (Wildman–Crippen LogP) is 2.65. The summed E-state index contributed by atoms with van der Waals surface area (Å²) in [7, 11) is 0. The molecule has 19 heavy (non-hydrogen) atoms. The van der Waals surface area contributed by atoms with Crippen LogP contribution in [0.3, 0.4) is 0 Å². The standard InChI is InChI=1S/C14H17F2NO2/c15-12-3-1-2-11(14(12)16)9-17-6-4-10(5-7-17)8-13(18)19/h1-3,10H,4-9H2,(H,18,19). The van der Waals surface area contributed by atoms with E-state index in [9.17, 15) is 13.6 Å². The first kappa shape index (κ1) is 13.9. The van der Waals surface area contributed by atoms with E-state index in [4.69, 9.17) is 5.11 Å². The van der Waals surface area contributed by atoms with E-state index in [-0.39, 0.29) is 12.3 Å². The lowest BCUT2D eigenvalue weighted by atomic mass is 9.93. The van der Waals surface area contributed by atoms with Crippen LogP contribution in [0.15, 0.2) is 18.2 Å². The molecule has 0 amide bonds. The number of nitrogens with zero attached hydrogens (tertiary/aromatic N) is 1. The number of carbonyl (C=O) groups is 1. The maximum absolute atomic E-state index is 13.5. The Hall–Kier alpha value is -1.49. The lowest BCUT2D eigenvalue weighted by Crippen LogP contribution is -2.34. The minimum Gasteiger partial charge on any atom is -0.481 e. The molecule has 0 aromatic heterocycles. The van der Waals surface area contributed by atoms with Gasteiger partial charge in [0.25, 0.3) is 0 Å². The van der Waals surface area contributed by atoms with E-state index in [1.54, 1.807) is 6.07 Å². The van der Waals surface area contributed by atoms with E-state index in [0.717, 1.165) is 32.0 Å². The Morgan fingerprint density at radius 2 is 2.00 bits per heavy atom. The van der Waals surface area contributed by atoms with Crippen molar-refractivity contribution in [1.29, 1.82) is 0 Å². The molecule has 1 aromatic rings. The first-order valence-electron chi connectivity index (χ1n) is 6.43. The minimum atomic E-state index is -0.821. The van der Waals surface area contributed by atoms with Crippen LogP contribution in [0.2, 0.25) is 0 Å². The fourth-order valence-corrected chi connectivity index (χ4v) is 2.51. The topological polar surface area (TPSA) is 40.5 Å². The zero-order valence-corrected chi connectivity index (χ0v) is 10.6. The summed E-state index contributed by atoms with van der Waals surface area (Å²) < 4.78 is 26.6. The molecule has 5 heteroatoms. The smallest absolute Gasteiger partial charge is 0.303 e. The van der Waals surface area contributed by atoms with Crippen LogP contribution in [-0.4, -0.2) is 29.1 Å². The number of hydrogen-bond acceptors (Lipinski definition) is 2. The van der Waals surface area contributed by atoms with Gasteiger partial charge in [-0.05, 0) is 37.9 Å². The molecule has 0 aliphatic carbocycles. The lowest BCUT2D eigenvalue weighted by Gasteiger charge is -2.31. The quantitative estimate of drug-likeness (QED) is 0.913. The van der Waals surface area contributed by atoms with Gasteiger partial charge in [-0.3, -0.25) is 9.69 Å². The molecule has 0 saturated carbocycles. The second-order valence-electron chi connectivity index (χ2n) is 5.03. The van der Waals surface area contributed by atoms with Gasteiger partial charge in [-0.15, -0.1) is 0 Å². The molecule has 1 aliphatic rings. The number of carboxylic acid groups (broad SMARTS) is 1. The molecule has 0 radical (unpaired) electrons. The van der Waals surface area contributed by atoms with Crippen molar-refractivity contribution in [3.05, 3.63) is 35.4 Å². The minimum absolute atomic E-state index is 0.197. The number of likely N-dealkylation sites (tertiary alicyclic amines) is 1. The van der Waals surface area contributed by atoms with Crippen LogP contribution in [-0.2, 0) is 11.3 Å². The highest BCUT2D eigenvalue weighted by atomic mass is 19.2. The van der Waals surface area contributed by atoms with Crippen molar-refractivity contribution in [2.45, 2.75) is 25.8 Å². The molecule has 2 rings (SSSR count). The zero-order chi connectivity index (χ0) is 13.8. The molecule has 104 valence electrons. The first-order chi connectivity index (χ1) is 9.06. The van der Waals surface area contributed by atoms with Crippen molar-refractivity contribution in [2.75, 3.05) is 13.1 Å². The maximum Gasteiger partial charge on any atom is 0.303 e. The van der Waals surface area contributed by atoms with Gasteiger partial charge in [-0.2, -0.15) is 0 Å². The number of halogens is 2. The Morgan fingerprint density at radius 1 is 1.32 bits per heavy atom. The molecule has 0 atom stereocenters. The third kappa shape index (κ3) is 3.73. The van der Waals surface area contributed by atoms with Crippen molar-refractivity contribution < 1.29 is 18.7 Å². The summed E-state index contributed by atoms with van der Waals surface area (Å²) in [5.41, 5.74) is 0.358. The fourth-order valence-electron chi connectivity index (χ4n) is 2.51. The molecular weight excluding hydrogens is 252 g/mol. The van der Waals surface area contributed by atoms with Crippen molar-refractivity contribution in [2.24, 2.45) is 5.92 Å². The highest BCUT2D eigenvalue weighted by Crippen LogP contribution is 2.22. The Morgan fingerprint density at radius 3 is 2.63 bits per heavy atom. The number of benzene rings is 1. The molecule has 3 nitrogen and oxygen atoms in total. The van der Waals surface area contributed by atoms with E-state index in [2.05, 4.69) is 0 Å². The van der Waals surface area contributed by atoms with Gasteiger partial charge in [-0.1, -0.05) is 12.1 Å². The summed E-state index contributed by atoms with van der Waals surface area (Å²) in [5, 5.41) is 8.73. The second-order valence-corrected chi connectivity index (χ2v) is 5.03. The van der Waals surface area contributed by atoms with E-state index >= 15 is 0 Å². The molecule has 1 heterocycles. The van der Waals surface area contributed by atoms with Gasteiger partial charge in [-0.25, -0.2) is 8.78 Å². The predicted molar refractivity (Wildman–Crippen MR) is 66.6 cm³/mol. The van der Waals surface area contributed by atoms with Crippen molar-refractivity contribution in [1.82, 2.24) is 4.90 Å². The van der Waals surface area contributed by atoms with Gasteiger partial charge < -0.3 is 5.11 Å². The molecule has 1 saturated heterocycles. The Labute approximate surface area is 110 Å². The van der Waals surface area contributed by atoms with E-state index in [1.165, 1.54) is 6.07 Å². The van der Waals surface area contributed by atoms with Crippen LogP contribution in [0.4, 0.5) is 8.78 Å². The normalized spacial score (nSPS) is 17.6. The number of hydrogen-bond donors (Lipinski definition) is 1. The van der Waals surface area contributed by atoms with Gasteiger partial charge in [0.15, 0.2) is 11.6 Å². The van der Waals surface area contributed by atoms with Crippen molar-refractivity contribution >= 4 is 5.97 Å². The molecule has 0 bridgehead atoms. The average molecular weight is 269 g/mol. The van der Waals surface area contributed by atoms with Crippen LogP contribution >= 0.6 is 0 Å². The summed E-state index contributed by atoms with van der Waals surface area (Å²) in [6, 6.07) is 4.20. The fraction of sp³-hybridized carbons (Fsp3) is 0.500. The van der Waals surface area contributed by atoms with E-state index < -0.39 is 17.6 Å². The summed E-state index contributed by atoms with van der Waals surface area (Å²) >= 11 is 0. The molecular formula is C14H17F2NO2. The number of carboxylic acids is 1. The van der Waals surface area contributed by atoms with Gasteiger partial charge in [0, 0.05) is 18.5 Å². The van der Waals surface area contributed by atoms with Crippen molar-refractivity contribution in [3.63, 3.8) is 0 Å². The summed E-state index contributed by atoms with van der Waals surface area (Å²) in [6.45, 7) is 1.84. The zero-order valence-electron chi connectivity index (χ0n) is 10.6. The highest BCUT2D eigenvalue weighted by Gasteiger charge is 2.22. The number of rotatable bonds is 4. The molecule has 1 aliphatic heterocycles. The van der Waals surface area contributed by atoms with Gasteiger partial charge in [0.1, 0.15) is 0 Å². The largest absolute Gasteiger partial charge is 0.481 e. The van der Waals surface area contributed by atoms with Crippen LogP contribution in [0.1, 0.15) is 24.8 Å². The molecule has 0 spiro atoms. The summed E-state index contributed by atoms with van der Waals surface area (Å²) in [4.78, 5) is 12.7. The molecule has 1 N–H and O–H groups in total. The third-order valence-corrected chi connectivity index (χ3v) is 3.60. The molecule has 1 fully saturated rings. The summed E-state index contributed by atoms with van der Waals surface area (Å²) in [5.74, 6) is -2.17. The van der Waals surface area contributed by atoms with Gasteiger partial charge in [0.05, 0.1) is 0 Å². The number of aliphatic carboxylic acids is 1. The Kier molecular flexibility index (Phi) is 4.47. The second kappa shape index (κ2) is 6.10. The molecule has 1 aromatic carbocycles. The van der Waals surface area contributed by atoms with E-state index in [1.807, 2.05) is 4.90 Å². The Bertz CT molecular complexity index is 457. The molecule has 0 unspecified atom stereocenters. The Balaban J connectivity index is 1.89. The maximum atomic E-state index is 13.5. The van der Waals surface area contributed by atoms with E-state index in [0.29, 0.717) is 12.1 Å². The SMILES string of the molecule is O=C(O)CC1CCN(Cc2cccc(F)c2F)CC1. The van der Waals surface area contributed by atoms with Crippen LogP contribution < -0.4 is 0 Å². The third-order valence-electron chi connectivity index (χ3n) is 3.60. The van der Waals surface area contributed by atoms with Gasteiger partial charge >= 0.3 is 5.97 Å². The average Bonchev–Trinajstić information content (AvgIpc) is 2.37. The van der Waals surface area contributed by atoms with Crippen molar-refractivity contribution in [3.8, 4) is 0 Å². The monoisotopic (exact) mass is 269 g/mol. The van der Waals surface area contributed by atoms with Crippen LogP contribution in [0.25, 0.3) is 0 Å². The lowest BCUT2D eigenvalue weighted by molar-refractivity contribution is -0.138. The summed E-state index contributed by atoms with van der Waals surface area (Å²) in [6.07, 6.45) is 1.79. The van der Waals surface area contributed by atoms with Gasteiger partial charge in [0.2, 0.25) is 0 Å².